The number of aryl methyl sites for hydroxylation is 2. The third-order valence-electron chi connectivity index (χ3n) is 4.47. The fourth-order valence-electron chi connectivity index (χ4n) is 3.07. The number of hydrogen-bond donors (Lipinski definition) is 1. The molecule has 0 spiro atoms. The summed E-state index contributed by atoms with van der Waals surface area (Å²) in [5.74, 6) is -0.169. The van der Waals surface area contributed by atoms with E-state index in [2.05, 4.69) is 16.4 Å². The van der Waals surface area contributed by atoms with Gasteiger partial charge in [0.1, 0.15) is 5.82 Å². The fraction of sp³-hybridized carbons (Fsp3) is 0.143. The van der Waals surface area contributed by atoms with Crippen LogP contribution in [0.2, 0.25) is 0 Å². The molecule has 0 saturated heterocycles. The number of nitrogens with zero attached hydrogens (tertiary/aromatic N) is 1. The third-order valence-corrected chi connectivity index (χ3v) is 4.47. The summed E-state index contributed by atoms with van der Waals surface area (Å²) in [4.78, 5) is 16.0. The van der Waals surface area contributed by atoms with Crippen LogP contribution >= 0.6 is 0 Å². The van der Waals surface area contributed by atoms with Crippen LogP contribution in [0.3, 0.4) is 0 Å². The minimum Gasteiger partial charge on any atom is -0.326 e. The van der Waals surface area contributed by atoms with Crippen LogP contribution in [0.5, 0.6) is 0 Å². The Morgan fingerprint density at radius 2 is 1.72 bits per heavy atom. The molecule has 2 aromatic carbocycles. The van der Waals surface area contributed by atoms with Crippen LogP contribution in [0.25, 0.3) is 11.3 Å². The zero-order valence-corrected chi connectivity index (χ0v) is 13.6. The highest BCUT2D eigenvalue weighted by Crippen LogP contribution is 2.28. The van der Waals surface area contributed by atoms with Crippen LogP contribution in [-0.2, 0) is 24.1 Å². The first-order valence-corrected chi connectivity index (χ1v) is 8.30. The van der Waals surface area contributed by atoms with E-state index in [9.17, 15) is 9.18 Å². The molecule has 0 atom stereocenters. The molecular formula is C21H17FN2O. The number of carbonyl (C=O) groups is 1. The normalized spacial score (nSPS) is 12.8. The highest BCUT2D eigenvalue weighted by Gasteiger charge is 2.17. The van der Waals surface area contributed by atoms with Gasteiger partial charge in [0.15, 0.2) is 0 Å². The number of halogens is 1. The van der Waals surface area contributed by atoms with Gasteiger partial charge in [0.2, 0.25) is 5.91 Å². The summed E-state index contributed by atoms with van der Waals surface area (Å²) >= 11 is 0. The van der Waals surface area contributed by atoms with E-state index in [1.54, 1.807) is 0 Å². The summed E-state index contributed by atoms with van der Waals surface area (Å²) in [6, 6.07) is 16.6. The van der Waals surface area contributed by atoms with Crippen LogP contribution in [0.4, 0.5) is 10.1 Å². The fourth-order valence-corrected chi connectivity index (χ4v) is 3.07. The first-order valence-electron chi connectivity index (χ1n) is 8.30. The Balaban J connectivity index is 1.46. The molecule has 1 N–H and O–H groups in total. The van der Waals surface area contributed by atoms with E-state index in [0.29, 0.717) is 6.42 Å². The van der Waals surface area contributed by atoms with Gasteiger partial charge >= 0.3 is 0 Å². The zero-order chi connectivity index (χ0) is 17.2. The number of fused-ring (bicyclic) bond motifs is 1. The molecule has 124 valence electrons. The number of pyridine rings is 1. The number of nitrogens with one attached hydrogen (secondary N) is 1. The molecule has 0 fully saturated rings. The van der Waals surface area contributed by atoms with Gasteiger partial charge in [-0.3, -0.25) is 9.78 Å². The van der Waals surface area contributed by atoms with Gasteiger partial charge in [0.05, 0.1) is 12.1 Å². The number of amides is 1. The largest absolute Gasteiger partial charge is 0.326 e. The average Bonchev–Trinajstić information content (AvgIpc) is 3.01. The molecule has 4 heteroatoms. The SMILES string of the molecule is O=C1Cc2cc(-c3ccc(CCc4ccc(F)cc4)cn3)ccc2N1. The Morgan fingerprint density at radius 3 is 2.48 bits per heavy atom. The highest BCUT2D eigenvalue weighted by molar-refractivity contribution is 5.99. The Hall–Kier alpha value is -3.01. The van der Waals surface area contributed by atoms with Gasteiger partial charge in [-0.05, 0) is 59.9 Å². The molecule has 1 aliphatic rings. The van der Waals surface area contributed by atoms with Gasteiger partial charge in [-0.25, -0.2) is 4.39 Å². The number of carbonyl (C=O) groups excluding carboxylic acids is 1. The lowest BCUT2D eigenvalue weighted by molar-refractivity contribution is -0.115. The molecule has 2 heterocycles. The van der Waals surface area contributed by atoms with Crippen molar-refractivity contribution in [2.24, 2.45) is 0 Å². The zero-order valence-electron chi connectivity index (χ0n) is 13.6. The molecule has 0 aliphatic carbocycles. The van der Waals surface area contributed by atoms with Crippen molar-refractivity contribution in [1.29, 1.82) is 0 Å². The van der Waals surface area contributed by atoms with Crippen molar-refractivity contribution in [3.8, 4) is 11.3 Å². The van der Waals surface area contributed by atoms with Gasteiger partial charge in [0, 0.05) is 17.4 Å². The third kappa shape index (κ3) is 3.43. The number of aromatic nitrogens is 1. The van der Waals surface area contributed by atoms with Crippen molar-refractivity contribution in [1.82, 2.24) is 4.98 Å². The van der Waals surface area contributed by atoms with Crippen LogP contribution in [-0.4, -0.2) is 10.9 Å². The molecular weight excluding hydrogens is 315 g/mol. The number of hydrogen-bond acceptors (Lipinski definition) is 2. The van der Waals surface area contributed by atoms with E-state index in [1.165, 1.54) is 12.1 Å². The molecule has 1 aromatic heterocycles. The second kappa shape index (κ2) is 6.48. The minimum absolute atomic E-state index is 0.0382. The predicted octanol–water partition coefficient (Wildman–Crippen LogP) is 4.17. The first-order chi connectivity index (χ1) is 12.2. The quantitative estimate of drug-likeness (QED) is 0.779. The number of rotatable bonds is 4. The van der Waals surface area contributed by atoms with Gasteiger partial charge in [-0.1, -0.05) is 24.3 Å². The summed E-state index contributed by atoms with van der Waals surface area (Å²) < 4.78 is 12.9. The van der Waals surface area contributed by atoms with Crippen molar-refractivity contribution < 1.29 is 9.18 Å². The van der Waals surface area contributed by atoms with Crippen molar-refractivity contribution in [3.05, 3.63) is 83.3 Å². The summed E-state index contributed by atoms with van der Waals surface area (Å²) in [6.07, 6.45) is 4.03. The lowest BCUT2D eigenvalue weighted by atomic mass is 10.0. The second-order valence-corrected chi connectivity index (χ2v) is 6.28. The predicted molar refractivity (Wildman–Crippen MR) is 95.8 cm³/mol. The van der Waals surface area contributed by atoms with Crippen LogP contribution in [0, 0.1) is 5.82 Å². The number of anilines is 1. The van der Waals surface area contributed by atoms with Gasteiger partial charge < -0.3 is 5.32 Å². The van der Waals surface area contributed by atoms with Crippen LogP contribution in [0.15, 0.2) is 60.8 Å². The maximum atomic E-state index is 12.9. The maximum absolute atomic E-state index is 12.9. The standard InChI is InChI=1S/C21H17FN2O/c22-18-7-3-14(4-8-18)1-2-15-5-9-19(23-13-15)16-6-10-20-17(11-16)12-21(25)24-20/h3-11,13H,1-2,12H2,(H,24,25). The molecule has 4 rings (SSSR count). The molecule has 3 aromatic rings. The van der Waals surface area contributed by atoms with E-state index < -0.39 is 0 Å². The Bertz CT molecular complexity index is 918. The smallest absolute Gasteiger partial charge is 0.228 e. The second-order valence-electron chi connectivity index (χ2n) is 6.28. The maximum Gasteiger partial charge on any atom is 0.228 e. The summed E-state index contributed by atoms with van der Waals surface area (Å²) in [5.41, 5.74) is 6.08. The summed E-state index contributed by atoms with van der Waals surface area (Å²) in [6.45, 7) is 0. The molecule has 0 unspecified atom stereocenters. The average molecular weight is 332 g/mol. The summed E-state index contributed by atoms with van der Waals surface area (Å²) in [7, 11) is 0. The van der Waals surface area contributed by atoms with E-state index in [0.717, 1.165) is 46.5 Å². The van der Waals surface area contributed by atoms with Gasteiger partial charge in [0.25, 0.3) is 0 Å². The number of benzene rings is 2. The van der Waals surface area contributed by atoms with Crippen molar-refractivity contribution in [2.45, 2.75) is 19.3 Å². The molecule has 3 nitrogen and oxygen atoms in total. The van der Waals surface area contributed by atoms with E-state index in [-0.39, 0.29) is 11.7 Å². The molecule has 0 radical (unpaired) electrons. The summed E-state index contributed by atoms with van der Waals surface area (Å²) in [5, 5.41) is 2.84. The molecule has 1 amide bonds. The van der Waals surface area contributed by atoms with Crippen LogP contribution < -0.4 is 5.32 Å². The first kappa shape index (κ1) is 15.5. The van der Waals surface area contributed by atoms with Crippen LogP contribution in [0.1, 0.15) is 16.7 Å². The molecule has 25 heavy (non-hydrogen) atoms. The lowest BCUT2D eigenvalue weighted by Crippen LogP contribution is -2.03. The van der Waals surface area contributed by atoms with E-state index in [4.69, 9.17) is 0 Å². The minimum atomic E-state index is -0.207. The topological polar surface area (TPSA) is 42.0 Å². The molecule has 1 aliphatic heterocycles. The molecule has 0 bridgehead atoms. The monoisotopic (exact) mass is 332 g/mol. The van der Waals surface area contributed by atoms with E-state index >= 15 is 0 Å². The van der Waals surface area contributed by atoms with Crippen molar-refractivity contribution in [2.75, 3.05) is 5.32 Å². The Kier molecular flexibility index (Phi) is 4.02. The van der Waals surface area contributed by atoms with E-state index in [1.807, 2.05) is 42.6 Å². The lowest BCUT2D eigenvalue weighted by Gasteiger charge is -2.06. The van der Waals surface area contributed by atoms with Crippen molar-refractivity contribution in [3.63, 3.8) is 0 Å². The Morgan fingerprint density at radius 1 is 0.960 bits per heavy atom. The Labute approximate surface area is 145 Å². The molecule has 0 saturated carbocycles. The van der Waals surface area contributed by atoms with Gasteiger partial charge in [-0.2, -0.15) is 0 Å². The van der Waals surface area contributed by atoms with Gasteiger partial charge in [-0.15, -0.1) is 0 Å². The highest BCUT2D eigenvalue weighted by atomic mass is 19.1. The van der Waals surface area contributed by atoms with Crippen molar-refractivity contribution >= 4 is 11.6 Å².